The Morgan fingerprint density at radius 2 is 1.84 bits per heavy atom. The van der Waals surface area contributed by atoms with Gasteiger partial charge in [0.05, 0.1) is 6.42 Å². The lowest BCUT2D eigenvalue weighted by atomic mass is 10.1. The molecule has 0 aliphatic heterocycles. The second kappa shape index (κ2) is 6.39. The molecule has 1 aromatic rings. The minimum Gasteiger partial charge on any atom is -0.452 e. The van der Waals surface area contributed by atoms with Crippen molar-refractivity contribution in [1.82, 2.24) is 5.32 Å². The van der Waals surface area contributed by atoms with Crippen molar-refractivity contribution in [3.63, 3.8) is 0 Å². The van der Waals surface area contributed by atoms with Crippen molar-refractivity contribution < 1.29 is 19.1 Å². The summed E-state index contributed by atoms with van der Waals surface area (Å²) in [5.74, 6) is -1.35. The Balaban J connectivity index is 2.48. The second-order valence-electron chi connectivity index (χ2n) is 3.90. The van der Waals surface area contributed by atoms with Crippen LogP contribution in [0, 0.1) is 0 Å². The van der Waals surface area contributed by atoms with Gasteiger partial charge in [0.25, 0.3) is 5.91 Å². The summed E-state index contributed by atoms with van der Waals surface area (Å²) < 4.78 is 4.86. The number of carbonyl (C=O) groups excluding carboxylic acids is 3. The quantitative estimate of drug-likeness (QED) is 0.519. The summed E-state index contributed by atoms with van der Waals surface area (Å²) >= 11 is 0. The van der Waals surface area contributed by atoms with Gasteiger partial charge < -0.3 is 16.2 Å². The third kappa shape index (κ3) is 5.07. The molecule has 0 radical (unpaired) electrons. The number of hydrogen-bond donors (Lipinski definition) is 3. The van der Waals surface area contributed by atoms with Crippen molar-refractivity contribution in [1.29, 1.82) is 0 Å². The van der Waals surface area contributed by atoms with Crippen molar-refractivity contribution in [2.45, 2.75) is 19.4 Å². The Morgan fingerprint density at radius 1 is 1.26 bits per heavy atom. The number of anilines is 1. The number of urea groups is 1. The third-order valence-electron chi connectivity index (χ3n) is 2.25. The van der Waals surface area contributed by atoms with Gasteiger partial charge in [0.15, 0.2) is 6.10 Å². The highest BCUT2D eigenvalue weighted by molar-refractivity contribution is 5.96. The summed E-state index contributed by atoms with van der Waals surface area (Å²) in [6, 6.07) is 5.69. The van der Waals surface area contributed by atoms with Gasteiger partial charge in [-0.2, -0.15) is 0 Å². The highest BCUT2D eigenvalue weighted by Gasteiger charge is 2.18. The van der Waals surface area contributed by atoms with Gasteiger partial charge in [0.2, 0.25) is 0 Å². The number of esters is 1. The number of nitrogens with two attached hydrogens (primary N) is 2. The van der Waals surface area contributed by atoms with Gasteiger partial charge in [-0.15, -0.1) is 0 Å². The Hall–Kier alpha value is -2.57. The first-order valence-corrected chi connectivity index (χ1v) is 5.52. The van der Waals surface area contributed by atoms with Gasteiger partial charge in [-0.1, -0.05) is 12.1 Å². The maximum Gasteiger partial charge on any atom is 0.318 e. The largest absolute Gasteiger partial charge is 0.452 e. The average molecular weight is 265 g/mol. The predicted molar refractivity (Wildman–Crippen MR) is 67.8 cm³/mol. The van der Waals surface area contributed by atoms with Crippen molar-refractivity contribution in [3.8, 4) is 0 Å². The van der Waals surface area contributed by atoms with Crippen LogP contribution in [0.1, 0.15) is 12.5 Å². The van der Waals surface area contributed by atoms with E-state index >= 15 is 0 Å². The molecule has 5 N–H and O–H groups in total. The van der Waals surface area contributed by atoms with Crippen LogP contribution < -0.4 is 16.8 Å². The molecule has 19 heavy (non-hydrogen) atoms. The second-order valence-corrected chi connectivity index (χ2v) is 3.90. The fraction of sp³-hybridized carbons (Fsp3) is 0.250. The average Bonchev–Trinajstić information content (AvgIpc) is 2.31. The number of carbonyl (C=O) groups is 3. The van der Waals surface area contributed by atoms with Gasteiger partial charge in [-0.25, -0.2) is 4.79 Å². The number of rotatable bonds is 4. The molecule has 1 unspecified atom stereocenters. The van der Waals surface area contributed by atoms with E-state index < -0.39 is 24.0 Å². The molecule has 102 valence electrons. The van der Waals surface area contributed by atoms with E-state index in [4.69, 9.17) is 16.2 Å². The smallest absolute Gasteiger partial charge is 0.318 e. The number of ether oxygens (including phenoxy) is 1. The maximum absolute atomic E-state index is 11.5. The first-order valence-electron chi connectivity index (χ1n) is 5.52. The van der Waals surface area contributed by atoms with Gasteiger partial charge >= 0.3 is 12.0 Å². The molecule has 0 saturated carbocycles. The molecule has 0 aliphatic rings. The van der Waals surface area contributed by atoms with Crippen molar-refractivity contribution in [2.75, 3.05) is 5.73 Å². The molecular weight excluding hydrogens is 250 g/mol. The van der Waals surface area contributed by atoms with E-state index in [2.05, 4.69) is 0 Å². The first-order chi connectivity index (χ1) is 8.88. The summed E-state index contributed by atoms with van der Waals surface area (Å²) in [7, 11) is 0. The van der Waals surface area contributed by atoms with Gasteiger partial charge in [0, 0.05) is 5.69 Å². The Kier molecular flexibility index (Phi) is 4.87. The van der Waals surface area contributed by atoms with E-state index in [1.165, 1.54) is 6.92 Å². The van der Waals surface area contributed by atoms with Crippen LogP contribution in [0.2, 0.25) is 0 Å². The summed E-state index contributed by atoms with van der Waals surface area (Å²) in [5, 5.41) is 1.83. The molecule has 0 bridgehead atoms. The third-order valence-corrected chi connectivity index (χ3v) is 2.25. The van der Waals surface area contributed by atoms with Crippen molar-refractivity contribution in [2.24, 2.45) is 5.73 Å². The standard InChI is InChI=1S/C12H15N3O4/c1-7(11(17)15-12(14)18)19-10(16)6-8-2-4-9(13)5-3-8/h2-5,7H,6,13H2,1H3,(H3,14,15,17,18). The molecule has 1 atom stereocenters. The van der Waals surface area contributed by atoms with Crippen molar-refractivity contribution in [3.05, 3.63) is 29.8 Å². The topological polar surface area (TPSA) is 125 Å². The Morgan fingerprint density at radius 3 is 2.37 bits per heavy atom. The number of primary amides is 1. The van der Waals surface area contributed by atoms with E-state index in [0.29, 0.717) is 11.3 Å². The van der Waals surface area contributed by atoms with Crippen LogP contribution >= 0.6 is 0 Å². The minimum atomic E-state index is -1.09. The van der Waals surface area contributed by atoms with Crippen LogP contribution in [-0.4, -0.2) is 24.0 Å². The molecule has 1 rings (SSSR count). The van der Waals surface area contributed by atoms with Crippen LogP contribution in [0.4, 0.5) is 10.5 Å². The summed E-state index contributed by atoms with van der Waals surface area (Å²) in [5.41, 5.74) is 11.6. The number of nitrogen functional groups attached to an aromatic ring is 1. The lowest BCUT2D eigenvalue weighted by Gasteiger charge is -2.11. The monoisotopic (exact) mass is 265 g/mol. The van der Waals surface area contributed by atoms with Crippen LogP contribution in [0.25, 0.3) is 0 Å². The summed E-state index contributed by atoms with van der Waals surface area (Å²) in [6.45, 7) is 1.35. The number of nitrogens with one attached hydrogen (secondary N) is 1. The van der Waals surface area contributed by atoms with E-state index in [0.717, 1.165) is 0 Å². The molecule has 3 amide bonds. The highest BCUT2D eigenvalue weighted by atomic mass is 16.5. The zero-order chi connectivity index (χ0) is 14.4. The normalized spacial score (nSPS) is 11.4. The molecule has 0 aromatic heterocycles. The zero-order valence-electron chi connectivity index (χ0n) is 10.4. The summed E-state index contributed by atoms with van der Waals surface area (Å²) in [4.78, 5) is 33.3. The van der Waals surface area contributed by atoms with Crippen molar-refractivity contribution >= 4 is 23.6 Å². The molecule has 0 saturated heterocycles. The number of amides is 3. The van der Waals surface area contributed by atoms with E-state index in [1.54, 1.807) is 24.3 Å². The fourth-order valence-electron chi connectivity index (χ4n) is 1.32. The van der Waals surface area contributed by atoms with E-state index in [1.807, 2.05) is 5.32 Å². The fourth-order valence-corrected chi connectivity index (χ4v) is 1.32. The highest BCUT2D eigenvalue weighted by Crippen LogP contribution is 2.07. The Labute approximate surface area is 109 Å². The lowest BCUT2D eigenvalue weighted by molar-refractivity contribution is -0.153. The SMILES string of the molecule is CC(OC(=O)Cc1ccc(N)cc1)C(=O)NC(N)=O. The molecule has 0 spiro atoms. The summed E-state index contributed by atoms with van der Waals surface area (Å²) in [6.07, 6.45) is -1.08. The molecule has 0 aliphatic carbocycles. The Bertz CT molecular complexity index is 484. The maximum atomic E-state index is 11.5. The van der Waals surface area contributed by atoms with Gasteiger partial charge in [-0.05, 0) is 24.6 Å². The van der Waals surface area contributed by atoms with Crippen LogP contribution in [0.15, 0.2) is 24.3 Å². The number of hydrogen-bond acceptors (Lipinski definition) is 5. The van der Waals surface area contributed by atoms with E-state index in [9.17, 15) is 14.4 Å². The minimum absolute atomic E-state index is 0.00840. The van der Waals surface area contributed by atoms with Gasteiger partial charge in [-0.3, -0.25) is 14.9 Å². The van der Waals surface area contributed by atoms with Gasteiger partial charge in [0.1, 0.15) is 0 Å². The lowest BCUT2D eigenvalue weighted by Crippen LogP contribution is -2.42. The molecule has 0 fully saturated rings. The molecule has 0 heterocycles. The molecule has 7 nitrogen and oxygen atoms in total. The van der Waals surface area contributed by atoms with Crippen LogP contribution in [0.3, 0.4) is 0 Å². The van der Waals surface area contributed by atoms with Crippen LogP contribution in [0.5, 0.6) is 0 Å². The number of imide groups is 1. The number of benzene rings is 1. The van der Waals surface area contributed by atoms with Crippen LogP contribution in [-0.2, 0) is 20.7 Å². The molecule has 7 heteroatoms. The molecular formula is C12H15N3O4. The van der Waals surface area contributed by atoms with E-state index in [-0.39, 0.29) is 6.42 Å². The predicted octanol–water partition coefficient (Wildman–Crippen LogP) is -0.0621. The first kappa shape index (κ1) is 14.5. The molecule has 1 aromatic carbocycles. The zero-order valence-corrected chi connectivity index (χ0v) is 10.4.